The number of hydrogen-bond acceptors (Lipinski definition) is 2. The van der Waals surface area contributed by atoms with E-state index in [1.54, 1.807) is 43.3 Å². The highest BCUT2D eigenvalue weighted by molar-refractivity contribution is 5.81. The van der Waals surface area contributed by atoms with Gasteiger partial charge in [0.1, 0.15) is 11.9 Å². The molecule has 0 heterocycles. The van der Waals surface area contributed by atoms with E-state index in [1.165, 1.54) is 18.2 Å². The summed E-state index contributed by atoms with van der Waals surface area (Å²) < 4.78 is 52.7. The van der Waals surface area contributed by atoms with Crippen molar-refractivity contribution in [2.45, 2.75) is 31.5 Å². The van der Waals surface area contributed by atoms with Gasteiger partial charge in [0, 0.05) is 5.92 Å². The standard InChI is InChI=1S/C25H24F4N2O/c1-16-15-19(9-12-22(16)26)21(17-7-10-20(11-8-17)25(27,28)29)13-14-31-23(24(30)32)18-5-3-2-4-6-18/h2-12,15,21,23,31H,13-14H2,1H3,(H2,30,32)/t21-,23-/m1/s1. The number of alkyl halides is 3. The van der Waals surface area contributed by atoms with Gasteiger partial charge >= 0.3 is 6.18 Å². The fourth-order valence-electron chi connectivity index (χ4n) is 3.72. The molecular formula is C25H24F4N2O. The second-order valence-electron chi connectivity index (χ2n) is 7.67. The van der Waals surface area contributed by atoms with E-state index >= 15 is 0 Å². The Morgan fingerprint density at radius 2 is 1.56 bits per heavy atom. The largest absolute Gasteiger partial charge is 0.416 e. The third kappa shape index (κ3) is 5.73. The number of carbonyl (C=O) groups is 1. The maximum Gasteiger partial charge on any atom is 0.416 e. The molecule has 32 heavy (non-hydrogen) atoms. The van der Waals surface area contributed by atoms with E-state index in [0.717, 1.165) is 23.3 Å². The summed E-state index contributed by atoms with van der Waals surface area (Å²) in [6, 6.07) is 18.0. The Balaban J connectivity index is 1.84. The van der Waals surface area contributed by atoms with Crippen molar-refractivity contribution in [3.05, 3.63) is 106 Å². The van der Waals surface area contributed by atoms with Crippen molar-refractivity contribution in [2.75, 3.05) is 6.54 Å². The molecule has 0 saturated heterocycles. The van der Waals surface area contributed by atoms with Crippen LogP contribution < -0.4 is 11.1 Å². The molecule has 0 spiro atoms. The first-order valence-electron chi connectivity index (χ1n) is 10.2. The Kier molecular flexibility index (Phi) is 7.30. The van der Waals surface area contributed by atoms with Crippen LogP contribution in [0.1, 0.15) is 46.2 Å². The van der Waals surface area contributed by atoms with Gasteiger partial charge in [-0.15, -0.1) is 0 Å². The predicted molar refractivity (Wildman–Crippen MR) is 115 cm³/mol. The zero-order valence-electron chi connectivity index (χ0n) is 17.5. The number of rotatable bonds is 8. The lowest BCUT2D eigenvalue weighted by molar-refractivity contribution is -0.137. The van der Waals surface area contributed by atoms with Crippen molar-refractivity contribution in [1.82, 2.24) is 5.32 Å². The first-order valence-corrected chi connectivity index (χ1v) is 10.2. The van der Waals surface area contributed by atoms with Crippen molar-refractivity contribution in [3.63, 3.8) is 0 Å². The summed E-state index contributed by atoms with van der Waals surface area (Å²) in [6.07, 6.45) is -3.96. The Morgan fingerprint density at radius 3 is 2.12 bits per heavy atom. The van der Waals surface area contributed by atoms with Crippen LogP contribution in [0.2, 0.25) is 0 Å². The normalized spacial score (nSPS) is 13.5. The third-order valence-electron chi connectivity index (χ3n) is 5.42. The molecule has 168 valence electrons. The lowest BCUT2D eigenvalue weighted by Crippen LogP contribution is -2.34. The highest BCUT2D eigenvalue weighted by Gasteiger charge is 2.30. The first-order chi connectivity index (χ1) is 15.2. The number of nitrogens with two attached hydrogens (primary N) is 1. The third-order valence-corrected chi connectivity index (χ3v) is 5.42. The van der Waals surface area contributed by atoms with Crippen LogP contribution in [-0.2, 0) is 11.0 Å². The SMILES string of the molecule is Cc1cc([C@H](CCN[C@@H](C(N)=O)c2ccccc2)c2ccc(C(F)(F)F)cc2)ccc1F. The highest BCUT2D eigenvalue weighted by atomic mass is 19.4. The summed E-state index contributed by atoms with van der Waals surface area (Å²) in [4.78, 5) is 11.9. The number of nitrogens with one attached hydrogen (secondary N) is 1. The van der Waals surface area contributed by atoms with E-state index in [-0.39, 0.29) is 11.7 Å². The van der Waals surface area contributed by atoms with Crippen LogP contribution in [0.4, 0.5) is 17.6 Å². The van der Waals surface area contributed by atoms with Crippen molar-refractivity contribution in [1.29, 1.82) is 0 Å². The monoisotopic (exact) mass is 444 g/mol. The minimum absolute atomic E-state index is 0.298. The molecule has 0 aromatic heterocycles. The molecule has 1 amide bonds. The highest BCUT2D eigenvalue weighted by Crippen LogP contribution is 2.33. The Hall–Kier alpha value is -3.19. The molecule has 3 aromatic carbocycles. The van der Waals surface area contributed by atoms with E-state index in [0.29, 0.717) is 24.1 Å². The molecule has 0 aliphatic rings. The van der Waals surface area contributed by atoms with Crippen molar-refractivity contribution < 1.29 is 22.4 Å². The second-order valence-corrected chi connectivity index (χ2v) is 7.67. The molecule has 3 nitrogen and oxygen atoms in total. The summed E-state index contributed by atoms with van der Waals surface area (Å²) in [5.41, 5.74) is 7.44. The van der Waals surface area contributed by atoms with Crippen LogP contribution in [0.25, 0.3) is 0 Å². The van der Waals surface area contributed by atoms with Crippen LogP contribution >= 0.6 is 0 Å². The van der Waals surface area contributed by atoms with Gasteiger partial charge in [-0.05, 0) is 60.3 Å². The maximum atomic E-state index is 13.8. The predicted octanol–water partition coefficient (Wildman–Crippen LogP) is 5.49. The molecule has 3 aromatic rings. The molecule has 3 N–H and O–H groups in total. The summed E-state index contributed by atoms with van der Waals surface area (Å²) in [5.74, 6) is -1.18. The maximum absolute atomic E-state index is 13.8. The summed E-state index contributed by atoms with van der Waals surface area (Å²) in [5, 5.41) is 3.14. The quantitative estimate of drug-likeness (QED) is 0.452. The van der Waals surface area contributed by atoms with Gasteiger partial charge < -0.3 is 11.1 Å². The van der Waals surface area contributed by atoms with E-state index in [9.17, 15) is 22.4 Å². The number of carbonyl (C=O) groups excluding carboxylic acids is 1. The average Bonchev–Trinajstić information content (AvgIpc) is 2.76. The topological polar surface area (TPSA) is 55.1 Å². The lowest BCUT2D eigenvalue weighted by atomic mass is 9.87. The van der Waals surface area contributed by atoms with Crippen LogP contribution in [0, 0.1) is 12.7 Å². The van der Waals surface area contributed by atoms with E-state index < -0.39 is 23.7 Å². The zero-order chi connectivity index (χ0) is 23.3. The molecular weight excluding hydrogens is 420 g/mol. The Bertz CT molecular complexity index is 1050. The average molecular weight is 444 g/mol. The van der Waals surface area contributed by atoms with Gasteiger partial charge in [-0.1, -0.05) is 54.6 Å². The van der Waals surface area contributed by atoms with Gasteiger partial charge in [0.2, 0.25) is 5.91 Å². The van der Waals surface area contributed by atoms with Crippen LogP contribution in [-0.4, -0.2) is 12.5 Å². The number of primary amides is 1. The van der Waals surface area contributed by atoms with Gasteiger partial charge in [-0.2, -0.15) is 13.2 Å². The van der Waals surface area contributed by atoms with Gasteiger partial charge in [0.05, 0.1) is 5.56 Å². The summed E-state index contributed by atoms with van der Waals surface area (Å²) in [6.45, 7) is 2.00. The molecule has 2 atom stereocenters. The summed E-state index contributed by atoms with van der Waals surface area (Å²) in [7, 11) is 0. The minimum Gasteiger partial charge on any atom is -0.368 e. The Labute approximate surface area is 184 Å². The van der Waals surface area contributed by atoms with Crippen LogP contribution in [0.5, 0.6) is 0 Å². The number of amides is 1. The lowest BCUT2D eigenvalue weighted by Gasteiger charge is -2.22. The molecule has 3 rings (SSSR count). The number of hydrogen-bond donors (Lipinski definition) is 2. The first kappa shape index (κ1) is 23.5. The number of benzene rings is 3. The fourth-order valence-corrected chi connectivity index (χ4v) is 3.72. The molecule has 0 unspecified atom stereocenters. The molecule has 0 aliphatic carbocycles. The fraction of sp³-hybridized carbons (Fsp3) is 0.240. The molecule has 0 fully saturated rings. The van der Waals surface area contributed by atoms with Crippen molar-refractivity contribution in [3.8, 4) is 0 Å². The van der Waals surface area contributed by atoms with Gasteiger partial charge in [0.25, 0.3) is 0 Å². The van der Waals surface area contributed by atoms with Crippen LogP contribution in [0.3, 0.4) is 0 Å². The van der Waals surface area contributed by atoms with E-state index in [4.69, 9.17) is 5.73 Å². The van der Waals surface area contributed by atoms with Gasteiger partial charge in [-0.3, -0.25) is 4.79 Å². The van der Waals surface area contributed by atoms with Crippen LogP contribution in [0.15, 0.2) is 72.8 Å². The zero-order valence-corrected chi connectivity index (χ0v) is 17.5. The number of aryl methyl sites for hydroxylation is 1. The molecule has 7 heteroatoms. The van der Waals surface area contributed by atoms with E-state index in [2.05, 4.69) is 5.32 Å². The van der Waals surface area contributed by atoms with E-state index in [1.807, 2.05) is 6.07 Å². The molecule has 0 aliphatic heterocycles. The van der Waals surface area contributed by atoms with Gasteiger partial charge in [0.15, 0.2) is 0 Å². The molecule has 0 radical (unpaired) electrons. The van der Waals surface area contributed by atoms with Gasteiger partial charge in [-0.25, -0.2) is 4.39 Å². The molecule has 0 saturated carbocycles. The molecule has 0 bridgehead atoms. The van der Waals surface area contributed by atoms with Crippen molar-refractivity contribution in [2.24, 2.45) is 5.73 Å². The minimum atomic E-state index is -4.42. The number of halogens is 4. The second kappa shape index (κ2) is 9.96. The summed E-state index contributed by atoms with van der Waals surface area (Å²) >= 11 is 0. The van der Waals surface area contributed by atoms with Crippen molar-refractivity contribution >= 4 is 5.91 Å². The Morgan fingerprint density at radius 1 is 0.938 bits per heavy atom. The smallest absolute Gasteiger partial charge is 0.368 e.